The van der Waals surface area contributed by atoms with E-state index < -0.39 is 5.82 Å². The lowest BCUT2D eigenvalue weighted by Gasteiger charge is -2.53. The van der Waals surface area contributed by atoms with Crippen LogP contribution in [0.2, 0.25) is 5.28 Å². The number of hydrogen-bond acceptors (Lipinski definition) is 8. The van der Waals surface area contributed by atoms with Gasteiger partial charge in [0.15, 0.2) is 18.9 Å². The Labute approximate surface area is 266 Å². The van der Waals surface area contributed by atoms with Crippen LogP contribution in [0.4, 0.5) is 14.6 Å². The summed E-state index contributed by atoms with van der Waals surface area (Å²) in [5.74, 6) is 0.0157. The van der Waals surface area contributed by atoms with Crippen LogP contribution in [-0.4, -0.2) is 60.9 Å². The van der Waals surface area contributed by atoms with Gasteiger partial charge in [0.1, 0.15) is 28.6 Å². The first-order chi connectivity index (χ1) is 21.9. The Kier molecular flexibility index (Phi) is 8.50. The SMILES string of the molecule is CCc1c(F)ccc2cc(OCOC)cc(-c3ncc4c(N5CCCC6(CC(OC7CCCCO7)C6)C5)nc(Cl)nc4c3F)c12. The summed E-state index contributed by atoms with van der Waals surface area (Å²) >= 11 is 6.46. The lowest BCUT2D eigenvalue weighted by Crippen LogP contribution is -2.54. The van der Waals surface area contributed by atoms with Crippen LogP contribution in [-0.2, 0) is 20.6 Å². The van der Waals surface area contributed by atoms with Gasteiger partial charge < -0.3 is 23.8 Å². The lowest BCUT2D eigenvalue weighted by atomic mass is 9.62. The van der Waals surface area contributed by atoms with Crippen LogP contribution in [0.15, 0.2) is 30.5 Å². The zero-order chi connectivity index (χ0) is 31.1. The molecule has 238 valence electrons. The highest BCUT2D eigenvalue weighted by Crippen LogP contribution is 2.50. The fraction of sp³-hybridized carbons (Fsp3) is 0.500. The van der Waals surface area contributed by atoms with E-state index in [9.17, 15) is 4.39 Å². The highest BCUT2D eigenvalue weighted by atomic mass is 35.5. The van der Waals surface area contributed by atoms with Crippen LogP contribution >= 0.6 is 11.6 Å². The van der Waals surface area contributed by atoms with E-state index in [1.807, 2.05) is 6.92 Å². The van der Waals surface area contributed by atoms with E-state index in [0.29, 0.717) is 45.3 Å². The molecule has 11 heteroatoms. The number of fused-ring (bicyclic) bond motifs is 2. The second-order valence-electron chi connectivity index (χ2n) is 12.5. The molecule has 7 rings (SSSR count). The van der Waals surface area contributed by atoms with Crippen LogP contribution in [0.25, 0.3) is 32.9 Å². The first-order valence-electron chi connectivity index (χ1n) is 15.8. The number of methoxy groups -OCH3 is 1. The van der Waals surface area contributed by atoms with Gasteiger partial charge in [-0.2, -0.15) is 4.98 Å². The van der Waals surface area contributed by atoms with Gasteiger partial charge in [0.2, 0.25) is 5.28 Å². The van der Waals surface area contributed by atoms with Gasteiger partial charge >= 0.3 is 0 Å². The molecule has 0 N–H and O–H groups in total. The number of benzene rings is 2. The summed E-state index contributed by atoms with van der Waals surface area (Å²) in [6.07, 6.45) is 9.32. The summed E-state index contributed by atoms with van der Waals surface area (Å²) in [5, 5.41) is 1.72. The van der Waals surface area contributed by atoms with Crippen LogP contribution in [0, 0.1) is 17.0 Å². The molecule has 1 saturated carbocycles. The molecule has 0 bridgehead atoms. The molecule has 2 aromatic carbocycles. The topological polar surface area (TPSA) is 78.8 Å². The molecule has 2 aliphatic heterocycles. The van der Waals surface area contributed by atoms with Crippen LogP contribution in [0.3, 0.4) is 0 Å². The van der Waals surface area contributed by atoms with Gasteiger partial charge in [0.25, 0.3) is 0 Å². The zero-order valence-electron chi connectivity index (χ0n) is 25.6. The maximum Gasteiger partial charge on any atom is 0.225 e. The van der Waals surface area contributed by atoms with Crippen molar-refractivity contribution in [2.24, 2.45) is 5.41 Å². The van der Waals surface area contributed by atoms with E-state index in [4.69, 9.17) is 30.5 Å². The first kappa shape index (κ1) is 30.5. The number of ether oxygens (including phenoxy) is 4. The maximum atomic E-state index is 16.6. The van der Waals surface area contributed by atoms with Gasteiger partial charge in [0.05, 0.1) is 11.5 Å². The Morgan fingerprint density at radius 3 is 2.78 bits per heavy atom. The molecular weight excluding hydrogens is 602 g/mol. The minimum Gasteiger partial charge on any atom is -0.468 e. The van der Waals surface area contributed by atoms with Crippen molar-refractivity contribution in [3.05, 3.63) is 52.9 Å². The van der Waals surface area contributed by atoms with Crippen LogP contribution < -0.4 is 9.64 Å². The Balaban J connectivity index is 1.24. The third-order valence-electron chi connectivity index (χ3n) is 9.50. The molecule has 1 spiro atoms. The van der Waals surface area contributed by atoms with Gasteiger partial charge in [-0.1, -0.05) is 13.0 Å². The molecule has 3 fully saturated rings. The Bertz CT molecular complexity index is 1730. The number of piperidine rings is 1. The van der Waals surface area contributed by atoms with Crippen molar-refractivity contribution in [1.82, 2.24) is 15.0 Å². The highest BCUT2D eigenvalue weighted by molar-refractivity contribution is 6.28. The van der Waals surface area contributed by atoms with Crippen molar-refractivity contribution in [1.29, 1.82) is 0 Å². The second-order valence-corrected chi connectivity index (χ2v) is 12.8. The average molecular weight is 639 g/mol. The number of pyridine rings is 1. The number of aryl methyl sites for hydroxylation is 1. The molecular formula is C34H37ClF2N4O4. The number of aromatic nitrogens is 3. The van der Waals surface area contributed by atoms with Gasteiger partial charge in [-0.15, -0.1) is 0 Å². The average Bonchev–Trinajstić information content (AvgIpc) is 3.03. The van der Waals surface area contributed by atoms with Gasteiger partial charge in [-0.05, 0) is 103 Å². The van der Waals surface area contributed by atoms with E-state index in [0.717, 1.165) is 64.6 Å². The normalized spacial score (nSPS) is 23.5. The Morgan fingerprint density at radius 1 is 1.13 bits per heavy atom. The molecule has 45 heavy (non-hydrogen) atoms. The molecule has 3 aliphatic rings. The van der Waals surface area contributed by atoms with Crippen LogP contribution in [0.5, 0.6) is 5.75 Å². The molecule has 1 unspecified atom stereocenters. The van der Waals surface area contributed by atoms with Crippen LogP contribution in [0.1, 0.15) is 57.4 Å². The minimum atomic E-state index is -0.647. The lowest BCUT2D eigenvalue weighted by molar-refractivity contribution is -0.223. The van der Waals surface area contributed by atoms with E-state index in [-0.39, 0.29) is 46.9 Å². The Hall–Kier alpha value is -3.18. The third kappa shape index (κ3) is 5.82. The predicted molar refractivity (Wildman–Crippen MR) is 169 cm³/mol. The van der Waals surface area contributed by atoms with Crippen molar-refractivity contribution >= 4 is 39.1 Å². The summed E-state index contributed by atoms with van der Waals surface area (Å²) < 4.78 is 54.5. The van der Waals surface area contributed by atoms with Gasteiger partial charge in [0, 0.05) is 38.6 Å². The number of rotatable bonds is 8. The molecule has 4 heterocycles. The standard InChI is InChI=1S/C34H37ClF2N4O4/c1-3-23-26(36)9-8-20-13-21(44-19-42-2)14-24(28(20)23)30-29(37)31-25(17-38-30)32(40-33(35)39-31)41-11-6-10-34(18-41)15-22(16-34)45-27-7-4-5-12-43-27/h8-9,13-14,17,22,27H,3-7,10-12,15-16,18-19H2,1-2H3. The summed E-state index contributed by atoms with van der Waals surface area (Å²) in [5.41, 5.74) is 1.10. The van der Waals surface area contributed by atoms with Crippen molar-refractivity contribution in [2.45, 2.75) is 70.7 Å². The molecule has 8 nitrogen and oxygen atoms in total. The molecule has 0 radical (unpaired) electrons. The fourth-order valence-electron chi connectivity index (χ4n) is 7.43. The van der Waals surface area contributed by atoms with Gasteiger partial charge in [-0.25, -0.2) is 13.8 Å². The summed E-state index contributed by atoms with van der Waals surface area (Å²) in [6, 6.07) is 6.54. The van der Waals surface area contributed by atoms with E-state index in [1.165, 1.54) is 13.2 Å². The number of anilines is 1. The van der Waals surface area contributed by atoms with Crippen molar-refractivity contribution in [3.63, 3.8) is 0 Å². The third-order valence-corrected chi connectivity index (χ3v) is 9.66. The van der Waals surface area contributed by atoms with Crippen molar-refractivity contribution in [2.75, 3.05) is 38.5 Å². The predicted octanol–water partition coefficient (Wildman–Crippen LogP) is 7.61. The molecule has 1 aliphatic carbocycles. The van der Waals surface area contributed by atoms with Crippen molar-refractivity contribution < 1.29 is 27.7 Å². The summed E-state index contributed by atoms with van der Waals surface area (Å²) in [6.45, 7) is 4.18. The monoisotopic (exact) mass is 638 g/mol. The van der Waals surface area contributed by atoms with E-state index >= 15 is 4.39 Å². The van der Waals surface area contributed by atoms with E-state index in [1.54, 1.807) is 24.4 Å². The van der Waals surface area contributed by atoms with Crippen molar-refractivity contribution in [3.8, 4) is 17.0 Å². The second kappa shape index (κ2) is 12.5. The number of halogens is 3. The zero-order valence-corrected chi connectivity index (χ0v) is 26.3. The summed E-state index contributed by atoms with van der Waals surface area (Å²) in [7, 11) is 1.52. The number of nitrogens with zero attached hydrogens (tertiary/aromatic N) is 4. The maximum absolute atomic E-state index is 16.6. The molecule has 4 aromatic rings. The number of hydrogen-bond donors (Lipinski definition) is 0. The van der Waals surface area contributed by atoms with E-state index in [2.05, 4.69) is 19.9 Å². The molecule has 0 amide bonds. The highest BCUT2D eigenvalue weighted by Gasteiger charge is 2.48. The smallest absolute Gasteiger partial charge is 0.225 e. The largest absolute Gasteiger partial charge is 0.468 e. The first-order valence-corrected chi connectivity index (χ1v) is 16.2. The molecule has 2 aromatic heterocycles. The summed E-state index contributed by atoms with van der Waals surface area (Å²) in [4.78, 5) is 15.7. The Morgan fingerprint density at radius 2 is 2.00 bits per heavy atom. The molecule has 2 saturated heterocycles. The van der Waals surface area contributed by atoms with Gasteiger partial charge in [-0.3, -0.25) is 4.98 Å². The fourth-order valence-corrected chi connectivity index (χ4v) is 7.60. The minimum absolute atomic E-state index is 0.00512. The molecule has 1 atom stereocenters. The quantitative estimate of drug-likeness (QED) is 0.144.